The third-order valence-corrected chi connectivity index (χ3v) is 5.97. The Kier molecular flexibility index (Phi) is 7.79. The number of carbonyl (C=O) groups is 1. The summed E-state index contributed by atoms with van der Waals surface area (Å²) in [6.45, 7) is 4.57. The van der Waals surface area contributed by atoms with Crippen LogP contribution in [0, 0.1) is 0 Å². The number of rotatable bonds is 9. The first-order chi connectivity index (χ1) is 14.5. The van der Waals surface area contributed by atoms with E-state index in [0.717, 1.165) is 10.7 Å². The van der Waals surface area contributed by atoms with E-state index in [-0.39, 0.29) is 12.5 Å². The van der Waals surface area contributed by atoms with Crippen molar-refractivity contribution in [1.29, 1.82) is 0 Å². The summed E-state index contributed by atoms with van der Waals surface area (Å²) in [6, 6.07) is 12.5. The van der Waals surface area contributed by atoms with Crippen LogP contribution in [0.25, 0.3) is 0 Å². The molecule has 0 aliphatic rings. The first-order valence-electron chi connectivity index (χ1n) is 9.03. The maximum atomic E-state index is 12.5. The van der Waals surface area contributed by atoms with E-state index in [0.29, 0.717) is 39.5 Å². The first-order valence-corrected chi connectivity index (χ1v) is 10.8. The number of carbonyl (C=O) groups excluding carboxylic acids is 1. The van der Waals surface area contributed by atoms with Crippen molar-refractivity contribution in [2.75, 3.05) is 7.11 Å². The van der Waals surface area contributed by atoms with Crippen LogP contribution in [0.5, 0.6) is 5.75 Å². The van der Waals surface area contributed by atoms with E-state index in [1.54, 1.807) is 43.5 Å². The lowest BCUT2D eigenvalue weighted by Gasteiger charge is -2.09. The third-order valence-electron chi connectivity index (χ3n) is 4.20. The molecule has 0 spiro atoms. The molecule has 0 radical (unpaired) electrons. The van der Waals surface area contributed by atoms with E-state index in [1.165, 1.54) is 11.8 Å². The van der Waals surface area contributed by atoms with Gasteiger partial charge in [-0.2, -0.15) is 0 Å². The smallest absolute Gasteiger partial charge is 0.251 e. The van der Waals surface area contributed by atoms with Gasteiger partial charge in [-0.3, -0.25) is 4.79 Å². The van der Waals surface area contributed by atoms with Crippen LogP contribution in [0.15, 0.2) is 60.3 Å². The zero-order chi connectivity index (χ0) is 21.5. The molecule has 6 nitrogen and oxygen atoms in total. The van der Waals surface area contributed by atoms with Gasteiger partial charge in [0.25, 0.3) is 5.91 Å². The van der Waals surface area contributed by atoms with Crippen LogP contribution in [-0.4, -0.2) is 27.8 Å². The van der Waals surface area contributed by atoms with Crippen LogP contribution in [0.1, 0.15) is 21.7 Å². The summed E-state index contributed by atoms with van der Waals surface area (Å²) >= 11 is 13.6. The Hall–Kier alpha value is -2.48. The number of thioether (sulfide) groups is 1. The maximum Gasteiger partial charge on any atom is 0.251 e. The second kappa shape index (κ2) is 10.5. The normalized spacial score (nSPS) is 10.6. The minimum atomic E-state index is -0.216. The molecular weight excluding hydrogens is 443 g/mol. The molecule has 0 saturated heterocycles. The second-order valence-corrected chi connectivity index (χ2v) is 8.01. The van der Waals surface area contributed by atoms with Crippen molar-refractivity contribution in [3.05, 3.63) is 82.1 Å². The van der Waals surface area contributed by atoms with Crippen LogP contribution in [0.2, 0.25) is 10.0 Å². The predicted octanol–water partition coefficient (Wildman–Crippen LogP) is 5.00. The summed E-state index contributed by atoms with van der Waals surface area (Å²) in [7, 11) is 1.56. The number of halogens is 2. The van der Waals surface area contributed by atoms with Gasteiger partial charge >= 0.3 is 0 Å². The maximum absolute atomic E-state index is 12.5. The molecule has 1 aromatic heterocycles. The number of aromatic nitrogens is 3. The van der Waals surface area contributed by atoms with Gasteiger partial charge in [-0.25, -0.2) is 0 Å². The van der Waals surface area contributed by atoms with Gasteiger partial charge in [-0.05, 0) is 35.9 Å². The minimum Gasteiger partial charge on any atom is -0.497 e. The molecule has 0 saturated carbocycles. The standard InChI is InChI=1S/C21H20Cl2N4O2S/c1-3-9-27-19(12-24-20(28)15-5-4-6-16(11-15)29-2)25-26-21(27)30-13-14-7-8-17(22)18(23)10-14/h3-8,10-11H,1,9,12-13H2,2H3,(H,24,28). The zero-order valence-electron chi connectivity index (χ0n) is 16.3. The Morgan fingerprint density at radius 3 is 2.80 bits per heavy atom. The summed E-state index contributed by atoms with van der Waals surface area (Å²) in [4.78, 5) is 12.5. The fourth-order valence-corrected chi connectivity index (χ4v) is 3.90. The summed E-state index contributed by atoms with van der Waals surface area (Å²) in [5, 5.41) is 13.1. The lowest BCUT2D eigenvalue weighted by atomic mass is 10.2. The monoisotopic (exact) mass is 462 g/mol. The lowest BCUT2D eigenvalue weighted by molar-refractivity contribution is 0.0949. The molecule has 0 aliphatic carbocycles. The highest BCUT2D eigenvalue weighted by Crippen LogP contribution is 2.27. The van der Waals surface area contributed by atoms with Crippen molar-refractivity contribution in [2.24, 2.45) is 0 Å². The fraction of sp³-hybridized carbons (Fsp3) is 0.190. The number of hydrogen-bond acceptors (Lipinski definition) is 5. The number of benzene rings is 2. The molecule has 1 amide bonds. The van der Waals surface area contributed by atoms with Crippen molar-refractivity contribution < 1.29 is 9.53 Å². The summed E-state index contributed by atoms with van der Waals surface area (Å²) in [5.41, 5.74) is 1.54. The number of ether oxygens (including phenoxy) is 1. The fourth-order valence-electron chi connectivity index (χ4n) is 2.67. The van der Waals surface area contributed by atoms with Crippen LogP contribution in [-0.2, 0) is 18.8 Å². The predicted molar refractivity (Wildman–Crippen MR) is 120 cm³/mol. The lowest BCUT2D eigenvalue weighted by Crippen LogP contribution is -2.24. The molecule has 1 N–H and O–H groups in total. The first kappa shape index (κ1) is 22.2. The highest BCUT2D eigenvalue weighted by molar-refractivity contribution is 7.98. The molecule has 30 heavy (non-hydrogen) atoms. The molecule has 0 atom stereocenters. The zero-order valence-corrected chi connectivity index (χ0v) is 18.6. The number of methoxy groups -OCH3 is 1. The molecule has 9 heteroatoms. The number of allylic oxidation sites excluding steroid dienone is 1. The molecule has 1 heterocycles. The van der Waals surface area contributed by atoms with Crippen LogP contribution < -0.4 is 10.1 Å². The Morgan fingerprint density at radius 1 is 1.23 bits per heavy atom. The Morgan fingerprint density at radius 2 is 2.07 bits per heavy atom. The number of nitrogens with zero attached hydrogens (tertiary/aromatic N) is 3. The molecule has 0 aliphatic heterocycles. The van der Waals surface area contributed by atoms with Crippen molar-refractivity contribution in [2.45, 2.75) is 24.0 Å². The SMILES string of the molecule is C=CCn1c(CNC(=O)c2cccc(OC)c2)nnc1SCc1ccc(Cl)c(Cl)c1. The number of amides is 1. The van der Waals surface area contributed by atoms with Crippen molar-refractivity contribution >= 4 is 40.9 Å². The molecule has 0 bridgehead atoms. The van der Waals surface area contributed by atoms with Crippen molar-refractivity contribution in [1.82, 2.24) is 20.1 Å². The van der Waals surface area contributed by atoms with Gasteiger partial charge in [0.2, 0.25) is 0 Å². The Labute approximate surface area is 189 Å². The van der Waals surface area contributed by atoms with E-state index in [9.17, 15) is 4.79 Å². The van der Waals surface area contributed by atoms with Gasteiger partial charge in [-0.1, -0.05) is 53.2 Å². The van der Waals surface area contributed by atoms with Gasteiger partial charge in [0.15, 0.2) is 11.0 Å². The quantitative estimate of drug-likeness (QED) is 0.357. The molecule has 2 aromatic carbocycles. The summed E-state index contributed by atoms with van der Waals surface area (Å²) in [5.74, 6) is 1.70. The van der Waals surface area contributed by atoms with Gasteiger partial charge in [-0.15, -0.1) is 16.8 Å². The summed E-state index contributed by atoms with van der Waals surface area (Å²) in [6.07, 6.45) is 1.76. The average Bonchev–Trinajstić information content (AvgIpc) is 3.14. The van der Waals surface area contributed by atoms with Crippen molar-refractivity contribution in [3.63, 3.8) is 0 Å². The molecule has 0 unspecified atom stereocenters. The van der Waals surface area contributed by atoms with Crippen LogP contribution >= 0.6 is 35.0 Å². The van der Waals surface area contributed by atoms with E-state index in [1.807, 2.05) is 16.7 Å². The molecule has 156 valence electrons. The Balaban J connectivity index is 1.68. The van der Waals surface area contributed by atoms with E-state index in [2.05, 4.69) is 22.1 Å². The molecule has 0 fully saturated rings. The van der Waals surface area contributed by atoms with Crippen LogP contribution in [0.4, 0.5) is 0 Å². The molecule has 3 aromatic rings. The van der Waals surface area contributed by atoms with E-state index >= 15 is 0 Å². The third kappa shape index (κ3) is 5.56. The number of nitrogens with one attached hydrogen (secondary N) is 1. The highest BCUT2D eigenvalue weighted by Gasteiger charge is 2.14. The molecular formula is C21H20Cl2N4O2S. The van der Waals surface area contributed by atoms with E-state index < -0.39 is 0 Å². The average molecular weight is 463 g/mol. The highest BCUT2D eigenvalue weighted by atomic mass is 35.5. The van der Waals surface area contributed by atoms with Crippen molar-refractivity contribution in [3.8, 4) is 5.75 Å². The van der Waals surface area contributed by atoms with E-state index in [4.69, 9.17) is 27.9 Å². The Bertz CT molecular complexity index is 1060. The van der Waals surface area contributed by atoms with Gasteiger partial charge in [0.05, 0.1) is 23.7 Å². The molecule has 3 rings (SSSR count). The van der Waals surface area contributed by atoms with Gasteiger partial charge in [0, 0.05) is 17.9 Å². The van der Waals surface area contributed by atoms with Crippen LogP contribution in [0.3, 0.4) is 0 Å². The number of hydrogen-bond donors (Lipinski definition) is 1. The topological polar surface area (TPSA) is 69.0 Å². The largest absolute Gasteiger partial charge is 0.497 e. The van der Waals surface area contributed by atoms with Gasteiger partial charge < -0.3 is 14.6 Å². The van der Waals surface area contributed by atoms with Gasteiger partial charge in [0.1, 0.15) is 5.75 Å². The second-order valence-electron chi connectivity index (χ2n) is 6.25. The minimum absolute atomic E-state index is 0.216. The summed E-state index contributed by atoms with van der Waals surface area (Å²) < 4.78 is 7.08.